The van der Waals surface area contributed by atoms with Crippen LogP contribution >= 0.6 is 0 Å². The predicted octanol–water partition coefficient (Wildman–Crippen LogP) is 4.51. The van der Waals surface area contributed by atoms with E-state index in [-0.39, 0.29) is 5.82 Å². The number of carbonyl (C=O) groups is 1. The molecule has 4 rings (SSSR count). The first-order chi connectivity index (χ1) is 14.6. The van der Waals surface area contributed by atoms with Gasteiger partial charge in [-0.25, -0.2) is 9.18 Å². The molecule has 0 amide bonds. The molecule has 0 atom stereocenters. The van der Waals surface area contributed by atoms with E-state index in [9.17, 15) is 9.18 Å². The van der Waals surface area contributed by atoms with Crippen molar-refractivity contribution in [2.75, 3.05) is 37.6 Å². The molecular formula is C23H26FN3O3. The van der Waals surface area contributed by atoms with Crippen molar-refractivity contribution in [2.24, 2.45) is 0 Å². The van der Waals surface area contributed by atoms with E-state index >= 15 is 0 Å². The van der Waals surface area contributed by atoms with Gasteiger partial charge >= 0.3 is 6.16 Å². The van der Waals surface area contributed by atoms with Crippen molar-refractivity contribution >= 4 is 22.7 Å². The van der Waals surface area contributed by atoms with Crippen molar-refractivity contribution in [3.8, 4) is 5.75 Å². The summed E-state index contributed by atoms with van der Waals surface area (Å²) in [6.07, 6.45) is 3.73. The second-order valence-corrected chi connectivity index (χ2v) is 7.63. The molecule has 0 saturated carbocycles. The number of hydrogen-bond acceptors (Lipinski definition) is 4. The third-order valence-corrected chi connectivity index (χ3v) is 5.68. The Bertz CT molecular complexity index is 1010. The number of aryl methyl sites for hydroxylation is 1. The number of unbranched alkanes of at least 4 members (excludes halogenated alkanes) is 1. The first-order valence-corrected chi connectivity index (χ1v) is 10.3. The van der Waals surface area contributed by atoms with Gasteiger partial charge in [0.25, 0.3) is 0 Å². The number of para-hydroxylation sites is 1. The van der Waals surface area contributed by atoms with Gasteiger partial charge in [0.1, 0.15) is 11.6 Å². The van der Waals surface area contributed by atoms with Crippen molar-refractivity contribution < 1.29 is 19.0 Å². The number of aromatic nitrogens is 1. The SMILES string of the molecule is O=C(O)Oc1ccc2[nH]cc(CCCCN3CCN(c4ccccc4F)CC3)c2c1. The largest absolute Gasteiger partial charge is 0.511 e. The maximum Gasteiger partial charge on any atom is 0.511 e. The Morgan fingerprint density at radius 1 is 1.10 bits per heavy atom. The van der Waals surface area contributed by atoms with Crippen LogP contribution in [0.3, 0.4) is 0 Å². The topological polar surface area (TPSA) is 68.8 Å². The van der Waals surface area contributed by atoms with E-state index in [1.54, 1.807) is 18.2 Å². The predicted molar refractivity (Wildman–Crippen MR) is 115 cm³/mol. The van der Waals surface area contributed by atoms with Crippen LogP contribution in [0.15, 0.2) is 48.7 Å². The second-order valence-electron chi connectivity index (χ2n) is 7.63. The highest BCUT2D eigenvalue weighted by Crippen LogP contribution is 2.25. The fourth-order valence-corrected chi connectivity index (χ4v) is 4.10. The molecule has 6 nitrogen and oxygen atoms in total. The third-order valence-electron chi connectivity index (χ3n) is 5.68. The molecule has 0 bridgehead atoms. The van der Waals surface area contributed by atoms with Crippen LogP contribution in [0.1, 0.15) is 18.4 Å². The Morgan fingerprint density at radius 3 is 2.67 bits per heavy atom. The van der Waals surface area contributed by atoms with Gasteiger partial charge < -0.3 is 19.7 Å². The molecule has 0 aliphatic carbocycles. The average Bonchev–Trinajstić information content (AvgIpc) is 3.14. The molecule has 2 N–H and O–H groups in total. The van der Waals surface area contributed by atoms with E-state index in [4.69, 9.17) is 9.84 Å². The Kier molecular flexibility index (Phi) is 6.18. The minimum Gasteiger partial charge on any atom is -0.449 e. The van der Waals surface area contributed by atoms with Crippen LogP contribution < -0.4 is 9.64 Å². The molecule has 7 heteroatoms. The van der Waals surface area contributed by atoms with E-state index in [0.29, 0.717) is 11.4 Å². The lowest BCUT2D eigenvalue weighted by atomic mass is 10.1. The number of carboxylic acid groups (broad SMARTS) is 1. The lowest BCUT2D eigenvalue weighted by Gasteiger charge is -2.36. The van der Waals surface area contributed by atoms with Gasteiger partial charge in [-0.3, -0.25) is 4.90 Å². The summed E-state index contributed by atoms with van der Waals surface area (Å²) < 4.78 is 18.7. The van der Waals surface area contributed by atoms with Crippen LogP contribution in [0.4, 0.5) is 14.9 Å². The lowest BCUT2D eigenvalue weighted by molar-refractivity contribution is 0.144. The summed E-state index contributed by atoms with van der Waals surface area (Å²) >= 11 is 0. The molecule has 2 aromatic carbocycles. The van der Waals surface area contributed by atoms with Crippen molar-refractivity contribution in [1.29, 1.82) is 0 Å². The molecule has 30 heavy (non-hydrogen) atoms. The minimum absolute atomic E-state index is 0.151. The smallest absolute Gasteiger partial charge is 0.449 e. The van der Waals surface area contributed by atoms with E-state index in [0.717, 1.165) is 62.9 Å². The highest BCUT2D eigenvalue weighted by molar-refractivity contribution is 5.85. The molecule has 1 aromatic heterocycles. The minimum atomic E-state index is -1.30. The van der Waals surface area contributed by atoms with Gasteiger partial charge in [0, 0.05) is 43.3 Å². The molecule has 1 aliphatic heterocycles. The normalized spacial score (nSPS) is 14.9. The molecular weight excluding hydrogens is 385 g/mol. The zero-order valence-electron chi connectivity index (χ0n) is 16.8. The Morgan fingerprint density at radius 2 is 1.90 bits per heavy atom. The number of aromatic amines is 1. The number of H-pyrrole nitrogens is 1. The quantitative estimate of drug-likeness (QED) is 0.340. The number of hydrogen-bond donors (Lipinski definition) is 2. The number of ether oxygens (including phenoxy) is 1. The monoisotopic (exact) mass is 411 g/mol. The zero-order chi connectivity index (χ0) is 20.9. The van der Waals surface area contributed by atoms with Gasteiger partial charge in [-0.2, -0.15) is 0 Å². The number of rotatable bonds is 7. The van der Waals surface area contributed by atoms with Crippen LogP contribution in [0, 0.1) is 5.82 Å². The molecule has 1 fully saturated rings. The summed E-state index contributed by atoms with van der Waals surface area (Å²) in [5, 5.41) is 9.80. The van der Waals surface area contributed by atoms with E-state index in [1.807, 2.05) is 24.4 Å². The van der Waals surface area contributed by atoms with Gasteiger partial charge in [0.2, 0.25) is 0 Å². The fourth-order valence-electron chi connectivity index (χ4n) is 4.10. The number of nitrogens with zero attached hydrogens (tertiary/aromatic N) is 2. The third kappa shape index (κ3) is 4.74. The number of piperazine rings is 1. The van der Waals surface area contributed by atoms with Gasteiger partial charge in [0.05, 0.1) is 5.69 Å². The first kappa shape index (κ1) is 20.2. The van der Waals surface area contributed by atoms with Crippen LogP contribution in [-0.2, 0) is 6.42 Å². The Labute approximate surface area is 174 Å². The van der Waals surface area contributed by atoms with E-state index < -0.39 is 6.16 Å². The summed E-state index contributed by atoms with van der Waals surface area (Å²) in [7, 11) is 0. The summed E-state index contributed by atoms with van der Waals surface area (Å²) in [6, 6.07) is 12.2. The molecule has 0 spiro atoms. The van der Waals surface area contributed by atoms with Crippen molar-refractivity contribution in [1.82, 2.24) is 9.88 Å². The number of nitrogens with one attached hydrogen (secondary N) is 1. The molecule has 158 valence electrons. The van der Waals surface area contributed by atoms with Crippen LogP contribution in [0.25, 0.3) is 10.9 Å². The van der Waals surface area contributed by atoms with E-state index in [1.165, 1.54) is 11.6 Å². The summed E-state index contributed by atoms with van der Waals surface area (Å²) in [6.45, 7) is 4.60. The van der Waals surface area contributed by atoms with E-state index in [2.05, 4.69) is 14.8 Å². The fraction of sp³-hybridized carbons (Fsp3) is 0.348. The van der Waals surface area contributed by atoms with Crippen molar-refractivity contribution in [3.63, 3.8) is 0 Å². The molecule has 3 aromatic rings. The molecule has 2 heterocycles. The summed E-state index contributed by atoms with van der Waals surface area (Å²) in [5.41, 5.74) is 2.85. The van der Waals surface area contributed by atoms with Gasteiger partial charge in [-0.15, -0.1) is 0 Å². The number of benzene rings is 2. The van der Waals surface area contributed by atoms with Crippen molar-refractivity contribution in [3.05, 3.63) is 60.0 Å². The maximum absolute atomic E-state index is 14.0. The zero-order valence-corrected chi connectivity index (χ0v) is 16.8. The second kappa shape index (κ2) is 9.17. The van der Waals surface area contributed by atoms with Crippen LogP contribution in [-0.4, -0.2) is 53.9 Å². The number of halogens is 1. The first-order valence-electron chi connectivity index (χ1n) is 10.3. The van der Waals surface area contributed by atoms with Crippen molar-refractivity contribution in [2.45, 2.75) is 19.3 Å². The van der Waals surface area contributed by atoms with Gasteiger partial charge in [0.15, 0.2) is 0 Å². The highest BCUT2D eigenvalue weighted by Gasteiger charge is 2.18. The number of fused-ring (bicyclic) bond motifs is 1. The summed E-state index contributed by atoms with van der Waals surface area (Å²) in [4.78, 5) is 18.5. The summed E-state index contributed by atoms with van der Waals surface area (Å²) in [5.74, 6) is 0.185. The molecule has 1 saturated heterocycles. The maximum atomic E-state index is 14.0. The lowest BCUT2D eigenvalue weighted by Crippen LogP contribution is -2.46. The Balaban J connectivity index is 1.24. The molecule has 1 aliphatic rings. The molecule has 0 unspecified atom stereocenters. The number of anilines is 1. The van der Waals surface area contributed by atoms with Crippen LogP contribution in [0.2, 0.25) is 0 Å². The van der Waals surface area contributed by atoms with Gasteiger partial charge in [-0.05, 0) is 61.7 Å². The Hall–Kier alpha value is -3.06. The van der Waals surface area contributed by atoms with Gasteiger partial charge in [-0.1, -0.05) is 12.1 Å². The highest BCUT2D eigenvalue weighted by atomic mass is 19.1. The van der Waals surface area contributed by atoms with Crippen LogP contribution in [0.5, 0.6) is 5.75 Å². The standard InChI is InChI=1S/C23H26FN3O3/c24-20-6-1-2-7-22(20)27-13-11-26(12-14-27)10-4-3-5-17-16-25-21-9-8-18(15-19(17)21)30-23(28)29/h1-2,6-9,15-16,25H,3-5,10-14H2,(H,28,29). The molecule has 0 radical (unpaired) electrons. The average molecular weight is 411 g/mol.